The molecule has 0 bridgehead atoms. The number of aromatic nitrogens is 3. The van der Waals surface area contributed by atoms with E-state index in [-0.39, 0.29) is 0 Å². The maximum Gasteiger partial charge on any atom is 0.132 e. The topological polar surface area (TPSA) is 39.9 Å². The van der Waals surface area contributed by atoms with E-state index in [4.69, 9.17) is 16.3 Å². The number of rotatable bonds is 3. The van der Waals surface area contributed by atoms with Crippen molar-refractivity contribution >= 4 is 11.6 Å². The van der Waals surface area contributed by atoms with Crippen LogP contribution < -0.4 is 4.74 Å². The van der Waals surface area contributed by atoms with Crippen LogP contribution in [0.4, 0.5) is 0 Å². The number of halogens is 1. The van der Waals surface area contributed by atoms with Crippen LogP contribution in [0.25, 0.3) is 11.1 Å². The molecule has 0 spiro atoms. The number of pyridine rings is 1. The Labute approximate surface area is 104 Å². The van der Waals surface area contributed by atoms with Crippen molar-refractivity contribution in [3.63, 3.8) is 0 Å². The summed E-state index contributed by atoms with van der Waals surface area (Å²) >= 11 is 5.90. The number of hydrogen-bond acceptors (Lipinski definition) is 3. The molecule has 5 heteroatoms. The molecule has 0 unspecified atom stereocenters. The van der Waals surface area contributed by atoms with E-state index in [2.05, 4.69) is 10.1 Å². The molecule has 17 heavy (non-hydrogen) atoms. The van der Waals surface area contributed by atoms with Crippen molar-refractivity contribution in [1.82, 2.24) is 14.8 Å². The molecule has 1 saturated carbocycles. The number of hydrogen-bond donors (Lipinski definition) is 0. The molecule has 0 N–H and O–H groups in total. The summed E-state index contributed by atoms with van der Waals surface area (Å²) in [7, 11) is 1.88. The first-order valence-electron chi connectivity index (χ1n) is 5.53. The Bertz CT molecular complexity index is 548. The highest BCUT2D eigenvalue weighted by Gasteiger charge is 2.25. The minimum atomic E-state index is 0.337. The lowest BCUT2D eigenvalue weighted by atomic mass is 10.1. The fourth-order valence-corrected chi connectivity index (χ4v) is 1.80. The Balaban J connectivity index is 2.01. The molecule has 88 valence electrons. The van der Waals surface area contributed by atoms with Gasteiger partial charge >= 0.3 is 0 Å². The average molecular weight is 250 g/mol. The van der Waals surface area contributed by atoms with Crippen molar-refractivity contribution in [2.24, 2.45) is 7.05 Å². The maximum absolute atomic E-state index is 5.90. The first kappa shape index (κ1) is 10.6. The summed E-state index contributed by atoms with van der Waals surface area (Å²) in [6.45, 7) is 0. The van der Waals surface area contributed by atoms with Gasteiger partial charge in [-0.1, -0.05) is 11.6 Å². The standard InChI is InChI=1S/C12H12ClN3O/c1-16-7-8(5-15-16)10-6-14-12(13)4-11(10)17-9-2-3-9/h4-7,9H,2-3H2,1H3. The zero-order valence-electron chi connectivity index (χ0n) is 9.43. The van der Waals surface area contributed by atoms with Gasteiger partial charge in [0.1, 0.15) is 10.9 Å². The fourth-order valence-electron chi connectivity index (χ4n) is 1.65. The molecule has 2 aromatic rings. The monoisotopic (exact) mass is 249 g/mol. The minimum Gasteiger partial charge on any atom is -0.490 e. The molecule has 2 aromatic heterocycles. The van der Waals surface area contributed by atoms with E-state index in [1.165, 1.54) is 0 Å². The number of ether oxygens (including phenoxy) is 1. The van der Waals surface area contributed by atoms with E-state index in [1.54, 1.807) is 23.1 Å². The number of nitrogens with zero attached hydrogens (tertiary/aromatic N) is 3. The predicted molar refractivity (Wildman–Crippen MR) is 65.1 cm³/mol. The SMILES string of the molecule is Cn1cc(-c2cnc(Cl)cc2OC2CC2)cn1. The van der Waals surface area contributed by atoms with E-state index in [1.807, 2.05) is 13.2 Å². The summed E-state index contributed by atoms with van der Waals surface area (Å²) in [6.07, 6.45) is 8.04. The molecule has 0 aliphatic heterocycles. The summed E-state index contributed by atoms with van der Waals surface area (Å²) in [5, 5.41) is 4.60. The van der Waals surface area contributed by atoms with Crippen molar-refractivity contribution in [1.29, 1.82) is 0 Å². The van der Waals surface area contributed by atoms with Crippen LogP contribution in [0.2, 0.25) is 5.15 Å². The molecule has 2 heterocycles. The molecule has 0 atom stereocenters. The third-order valence-corrected chi connectivity index (χ3v) is 2.87. The van der Waals surface area contributed by atoms with Crippen molar-refractivity contribution in [2.45, 2.75) is 18.9 Å². The summed E-state index contributed by atoms with van der Waals surface area (Å²) < 4.78 is 7.59. The van der Waals surface area contributed by atoms with Crippen LogP contribution in [-0.4, -0.2) is 20.9 Å². The quantitative estimate of drug-likeness (QED) is 0.786. The average Bonchev–Trinajstić information content (AvgIpc) is 3.00. The lowest BCUT2D eigenvalue weighted by Crippen LogP contribution is -1.98. The van der Waals surface area contributed by atoms with Crippen LogP contribution in [0.3, 0.4) is 0 Å². The minimum absolute atomic E-state index is 0.337. The Kier molecular flexibility index (Phi) is 2.52. The van der Waals surface area contributed by atoms with Crippen LogP contribution in [0, 0.1) is 0 Å². The largest absolute Gasteiger partial charge is 0.490 e. The predicted octanol–water partition coefficient (Wildman–Crippen LogP) is 2.68. The van der Waals surface area contributed by atoms with Gasteiger partial charge in [-0.05, 0) is 12.8 Å². The summed E-state index contributed by atoms with van der Waals surface area (Å²) in [5.41, 5.74) is 1.93. The molecule has 0 radical (unpaired) electrons. The Morgan fingerprint density at radius 2 is 2.24 bits per heavy atom. The highest BCUT2D eigenvalue weighted by atomic mass is 35.5. The lowest BCUT2D eigenvalue weighted by Gasteiger charge is -2.09. The molecule has 0 aromatic carbocycles. The van der Waals surface area contributed by atoms with E-state index in [0.717, 1.165) is 29.7 Å². The number of aryl methyl sites for hydroxylation is 1. The van der Waals surface area contributed by atoms with Crippen molar-refractivity contribution in [3.8, 4) is 16.9 Å². The third kappa shape index (κ3) is 2.26. The van der Waals surface area contributed by atoms with Crippen LogP contribution in [0.15, 0.2) is 24.7 Å². The summed E-state index contributed by atoms with van der Waals surface area (Å²) in [4.78, 5) is 4.10. The van der Waals surface area contributed by atoms with Gasteiger partial charge in [0.15, 0.2) is 0 Å². The lowest BCUT2D eigenvalue weighted by molar-refractivity contribution is 0.304. The van der Waals surface area contributed by atoms with Crippen LogP contribution >= 0.6 is 11.6 Å². The van der Waals surface area contributed by atoms with E-state index >= 15 is 0 Å². The molecule has 4 nitrogen and oxygen atoms in total. The van der Waals surface area contributed by atoms with Crippen molar-refractivity contribution in [2.75, 3.05) is 0 Å². The van der Waals surface area contributed by atoms with Gasteiger partial charge in [0, 0.05) is 36.6 Å². The highest BCUT2D eigenvalue weighted by molar-refractivity contribution is 6.29. The van der Waals surface area contributed by atoms with E-state index in [9.17, 15) is 0 Å². The highest BCUT2D eigenvalue weighted by Crippen LogP contribution is 2.35. The zero-order chi connectivity index (χ0) is 11.8. The molecular formula is C12H12ClN3O. The zero-order valence-corrected chi connectivity index (χ0v) is 10.2. The van der Waals surface area contributed by atoms with Gasteiger partial charge in [-0.15, -0.1) is 0 Å². The van der Waals surface area contributed by atoms with Crippen LogP contribution in [0.5, 0.6) is 5.75 Å². The molecule has 3 rings (SSSR count). The van der Waals surface area contributed by atoms with Gasteiger partial charge in [0.25, 0.3) is 0 Å². The van der Waals surface area contributed by atoms with Crippen molar-refractivity contribution < 1.29 is 4.74 Å². The maximum atomic E-state index is 5.90. The first-order chi connectivity index (χ1) is 8.22. The molecule has 0 amide bonds. The van der Waals surface area contributed by atoms with E-state index in [0.29, 0.717) is 11.3 Å². The second-order valence-corrected chi connectivity index (χ2v) is 4.61. The van der Waals surface area contributed by atoms with Crippen LogP contribution in [-0.2, 0) is 7.05 Å². The smallest absolute Gasteiger partial charge is 0.132 e. The Morgan fingerprint density at radius 3 is 2.88 bits per heavy atom. The third-order valence-electron chi connectivity index (χ3n) is 2.67. The molecular weight excluding hydrogens is 238 g/mol. The van der Waals surface area contributed by atoms with Gasteiger partial charge < -0.3 is 4.74 Å². The summed E-state index contributed by atoms with van der Waals surface area (Å²) in [5.74, 6) is 0.792. The second-order valence-electron chi connectivity index (χ2n) is 4.22. The molecule has 1 aliphatic rings. The van der Waals surface area contributed by atoms with Gasteiger partial charge in [-0.3, -0.25) is 4.68 Å². The first-order valence-corrected chi connectivity index (χ1v) is 5.91. The van der Waals surface area contributed by atoms with Crippen LogP contribution in [0.1, 0.15) is 12.8 Å². The second kappa shape index (κ2) is 4.04. The van der Waals surface area contributed by atoms with Gasteiger partial charge in [0.05, 0.1) is 12.3 Å². The Morgan fingerprint density at radius 1 is 1.41 bits per heavy atom. The molecule has 1 fully saturated rings. The van der Waals surface area contributed by atoms with Gasteiger partial charge in [-0.25, -0.2) is 4.98 Å². The summed E-state index contributed by atoms with van der Waals surface area (Å²) in [6, 6.07) is 1.77. The van der Waals surface area contributed by atoms with Crippen molar-refractivity contribution in [3.05, 3.63) is 29.8 Å². The fraction of sp³-hybridized carbons (Fsp3) is 0.333. The molecule has 0 saturated heterocycles. The normalized spacial score (nSPS) is 14.9. The molecule has 1 aliphatic carbocycles. The van der Waals surface area contributed by atoms with Gasteiger partial charge in [-0.2, -0.15) is 5.10 Å². The van der Waals surface area contributed by atoms with Gasteiger partial charge in [0.2, 0.25) is 0 Å². The van der Waals surface area contributed by atoms with E-state index < -0.39 is 0 Å². The Hall–Kier alpha value is -1.55.